The van der Waals surface area contributed by atoms with E-state index >= 15 is 0 Å². The number of hydrogen-bond donors (Lipinski definition) is 0. The Labute approximate surface area is 122 Å². The monoisotopic (exact) mass is 290 g/mol. The molecule has 1 aliphatic rings. The minimum atomic E-state index is -0.118. The van der Waals surface area contributed by atoms with Crippen LogP contribution in [0, 0.1) is 0 Å². The van der Waals surface area contributed by atoms with Gasteiger partial charge in [0.1, 0.15) is 0 Å². The molecule has 3 rings (SSSR count). The summed E-state index contributed by atoms with van der Waals surface area (Å²) in [6, 6.07) is 9.02. The van der Waals surface area contributed by atoms with Crippen LogP contribution in [0.5, 0.6) is 0 Å². The highest BCUT2D eigenvalue weighted by Crippen LogP contribution is 2.31. The van der Waals surface area contributed by atoms with E-state index in [9.17, 15) is 4.79 Å². The summed E-state index contributed by atoms with van der Waals surface area (Å²) in [5.74, 6) is 0.171. The Balaban J connectivity index is 1.87. The van der Waals surface area contributed by atoms with Crippen LogP contribution >= 0.6 is 11.6 Å². The summed E-state index contributed by atoms with van der Waals surface area (Å²) < 4.78 is 5.24. The lowest BCUT2D eigenvalue weighted by atomic mass is 9.98. The predicted molar refractivity (Wildman–Crippen MR) is 75.6 cm³/mol. The first-order valence-electron chi connectivity index (χ1n) is 6.73. The summed E-state index contributed by atoms with van der Waals surface area (Å²) in [4.78, 5) is 18.8. The molecule has 0 bridgehead atoms. The van der Waals surface area contributed by atoms with Gasteiger partial charge in [-0.05, 0) is 55.1 Å². The lowest BCUT2D eigenvalue weighted by Crippen LogP contribution is -2.38. The van der Waals surface area contributed by atoms with E-state index in [-0.39, 0.29) is 22.9 Å². The smallest absolute Gasteiger partial charge is 0.290 e. The number of aromatic nitrogens is 1. The van der Waals surface area contributed by atoms with Gasteiger partial charge in [0.15, 0.2) is 11.0 Å². The number of amides is 1. The highest BCUT2D eigenvalue weighted by Gasteiger charge is 2.30. The number of likely N-dealkylation sites (tertiary alicyclic amines) is 1. The van der Waals surface area contributed by atoms with Crippen LogP contribution in [-0.4, -0.2) is 22.3 Å². The molecule has 0 aliphatic carbocycles. The van der Waals surface area contributed by atoms with E-state index < -0.39 is 0 Å². The molecule has 1 amide bonds. The summed E-state index contributed by atoms with van der Waals surface area (Å²) in [6.07, 6.45) is 4.79. The van der Waals surface area contributed by atoms with Gasteiger partial charge < -0.3 is 9.32 Å². The van der Waals surface area contributed by atoms with Crippen molar-refractivity contribution in [2.45, 2.75) is 25.3 Å². The molecule has 0 aromatic carbocycles. The maximum Gasteiger partial charge on any atom is 0.290 e. The Morgan fingerprint density at radius 1 is 1.30 bits per heavy atom. The number of furan rings is 1. The number of rotatable bonds is 2. The van der Waals surface area contributed by atoms with Crippen molar-refractivity contribution in [1.82, 2.24) is 9.88 Å². The van der Waals surface area contributed by atoms with Crippen LogP contribution in [0.1, 0.15) is 41.6 Å². The molecule has 104 valence electrons. The van der Waals surface area contributed by atoms with Crippen molar-refractivity contribution in [3.63, 3.8) is 0 Å². The van der Waals surface area contributed by atoms with E-state index in [4.69, 9.17) is 16.0 Å². The van der Waals surface area contributed by atoms with Crippen LogP contribution in [0.4, 0.5) is 0 Å². The number of nitrogens with zero attached hydrogens (tertiary/aromatic N) is 2. The first kappa shape index (κ1) is 13.2. The normalized spacial score (nSPS) is 19.1. The van der Waals surface area contributed by atoms with E-state index in [2.05, 4.69) is 4.98 Å². The van der Waals surface area contributed by atoms with Gasteiger partial charge in [-0.2, -0.15) is 0 Å². The summed E-state index contributed by atoms with van der Waals surface area (Å²) in [5.41, 5.74) is 0.929. The maximum absolute atomic E-state index is 12.5. The van der Waals surface area contributed by atoms with Gasteiger partial charge >= 0.3 is 0 Å². The molecule has 0 N–H and O–H groups in total. The number of pyridine rings is 1. The van der Waals surface area contributed by atoms with Crippen molar-refractivity contribution < 1.29 is 9.21 Å². The van der Waals surface area contributed by atoms with Gasteiger partial charge in [-0.1, -0.05) is 6.07 Å². The largest absolute Gasteiger partial charge is 0.440 e. The van der Waals surface area contributed by atoms with Gasteiger partial charge in [-0.3, -0.25) is 9.78 Å². The minimum Gasteiger partial charge on any atom is -0.440 e. The van der Waals surface area contributed by atoms with Crippen molar-refractivity contribution in [2.24, 2.45) is 0 Å². The maximum atomic E-state index is 12.5. The number of carbonyl (C=O) groups excluding carboxylic acids is 1. The molecule has 2 aromatic rings. The van der Waals surface area contributed by atoms with Crippen LogP contribution in [0.15, 0.2) is 40.9 Å². The fraction of sp³-hybridized carbons (Fsp3) is 0.333. The molecule has 1 saturated heterocycles. The lowest BCUT2D eigenvalue weighted by molar-refractivity contribution is 0.0573. The molecular weight excluding hydrogens is 276 g/mol. The Hall–Kier alpha value is -1.81. The van der Waals surface area contributed by atoms with Gasteiger partial charge in [0.25, 0.3) is 5.91 Å². The van der Waals surface area contributed by atoms with Crippen LogP contribution in [0.3, 0.4) is 0 Å². The van der Waals surface area contributed by atoms with Crippen LogP contribution in [0.2, 0.25) is 5.22 Å². The standard InChI is InChI=1S/C15H15ClN2O2/c16-14-8-7-13(20-14)15(19)18-10-4-2-6-12(18)11-5-1-3-9-17-11/h1,3,5,7-9,12H,2,4,6,10H2. The van der Waals surface area contributed by atoms with E-state index in [1.54, 1.807) is 18.3 Å². The van der Waals surface area contributed by atoms with Gasteiger partial charge in [0, 0.05) is 12.7 Å². The van der Waals surface area contributed by atoms with Gasteiger partial charge in [0.2, 0.25) is 0 Å². The zero-order valence-electron chi connectivity index (χ0n) is 11.0. The zero-order valence-corrected chi connectivity index (χ0v) is 11.7. The molecule has 5 heteroatoms. The molecule has 0 saturated carbocycles. The van der Waals surface area contributed by atoms with Gasteiger partial charge in [0.05, 0.1) is 11.7 Å². The second kappa shape index (κ2) is 5.67. The number of carbonyl (C=O) groups is 1. The number of piperidine rings is 1. The van der Waals surface area contributed by atoms with Crippen molar-refractivity contribution in [3.05, 3.63) is 53.2 Å². The Morgan fingerprint density at radius 2 is 2.20 bits per heavy atom. The third-order valence-electron chi connectivity index (χ3n) is 3.58. The molecule has 1 unspecified atom stereocenters. The van der Waals surface area contributed by atoms with E-state index in [1.165, 1.54) is 0 Å². The summed E-state index contributed by atoms with van der Waals surface area (Å²) in [6.45, 7) is 0.721. The van der Waals surface area contributed by atoms with Crippen molar-refractivity contribution in [3.8, 4) is 0 Å². The first-order chi connectivity index (χ1) is 9.75. The Morgan fingerprint density at radius 3 is 2.90 bits per heavy atom. The molecule has 2 aromatic heterocycles. The third kappa shape index (κ3) is 2.56. The van der Waals surface area contributed by atoms with E-state index in [0.29, 0.717) is 0 Å². The number of hydrogen-bond acceptors (Lipinski definition) is 3. The number of halogens is 1. The molecule has 0 spiro atoms. The van der Waals surface area contributed by atoms with Crippen LogP contribution < -0.4 is 0 Å². The average Bonchev–Trinajstić information content (AvgIpc) is 2.94. The predicted octanol–water partition coefficient (Wildman–Crippen LogP) is 3.70. The highest BCUT2D eigenvalue weighted by molar-refractivity contribution is 6.29. The van der Waals surface area contributed by atoms with Crippen LogP contribution in [0.25, 0.3) is 0 Å². The second-order valence-corrected chi connectivity index (χ2v) is 5.24. The minimum absolute atomic E-state index is 0.0151. The summed E-state index contributed by atoms with van der Waals surface area (Å²) in [5, 5.41) is 0.236. The fourth-order valence-electron chi connectivity index (χ4n) is 2.63. The summed E-state index contributed by atoms with van der Waals surface area (Å²) in [7, 11) is 0. The topological polar surface area (TPSA) is 46.3 Å². The molecule has 4 nitrogen and oxygen atoms in total. The highest BCUT2D eigenvalue weighted by atomic mass is 35.5. The van der Waals surface area contributed by atoms with Crippen molar-refractivity contribution in [2.75, 3.05) is 6.54 Å². The summed E-state index contributed by atoms with van der Waals surface area (Å²) >= 11 is 5.75. The molecule has 1 aliphatic heterocycles. The Kier molecular flexibility index (Phi) is 3.74. The fourth-order valence-corrected chi connectivity index (χ4v) is 2.77. The first-order valence-corrected chi connectivity index (χ1v) is 7.11. The quantitative estimate of drug-likeness (QED) is 0.847. The molecule has 20 heavy (non-hydrogen) atoms. The third-order valence-corrected chi connectivity index (χ3v) is 3.78. The molecule has 1 atom stereocenters. The van der Waals surface area contributed by atoms with E-state index in [1.807, 2.05) is 23.1 Å². The molecular formula is C15H15ClN2O2. The molecule has 3 heterocycles. The molecule has 0 radical (unpaired) electrons. The second-order valence-electron chi connectivity index (χ2n) is 4.87. The average molecular weight is 291 g/mol. The van der Waals surface area contributed by atoms with Crippen molar-refractivity contribution >= 4 is 17.5 Å². The van der Waals surface area contributed by atoms with Gasteiger partial charge in [-0.25, -0.2) is 0 Å². The van der Waals surface area contributed by atoms with Crippen molar-refractivity contribution in [1.29, 1.82) is 0 Å². The molecule has 1 fully saturated rings. The SMILES string of the molecule is O=C(c1ccc(Cl)o1)N1CCCCC1c1ccccn1. The van der Waals surface area contributed by atoms with Gasteiger partial charge in [-0.15, -0.1) is 0 Å². The van der Waals surface area contributed by atoms with E-state index in [0.717, 1.165) is 31.5 Å². The van der Waals surface area contributed by atoms with Crippen LogP contribution in [-0.2, 0) is 0 Å². The lowest BCUT2D eigenvalue weighted by Gasteiger charge is -2.34. The zero-order chi connectivity index (χ0) is 13.9. The Bertz CT molecular complexity index is 597.